The number of hydrogen-bond donors (Lipinski definition) is 3. The smallest absolute Gasteiger partial charge is 0.329 e. The van der Waals surface area contributed by atoms with Crippen molar-refractivity contribution in [1.82, 2.24) is 5.32 Å². The first-order valence-electron chi connectivity index (χ1n) is 10.2. The summed E-state index contributed by atoms with van der Waals surface area (Å²) in [6.45, 7) is 0.250. The number of carbonyl (C=O) groups is 2. The van der Waals surface area contributed by atoms with Crippen LogP contribution >= 0.6 is 0 Å². The Balaban J connectivity index is 1.51. The number of fused-ring (bicyclic) bond motifs is 2. The molecule has 9 heteroatoms. The summed E-state index contributed by atoms with van der Waals surface area (Å²) in [5.74, 6) is 0.930. The van der Waals surface area contributed by atoms with Gasteiger partial charge in [0.25, 0.3) is 11.6 Å². The average Bonchev–Trinajstić information content (AvgIpc) is 3.30. The Morgan fingerprint density at radius 1 is 1.12 bits per heavy atom. The lowest BCUT2D eigenvalue weighted by Gasteiger charge is -2.42. The topological polar surface area (TPSA) is 109 Å². The molecule has 2 aliphatic heterocycles. The highest BCUT2D eigenvalue weighted by Crippen LogP contribution is 2.40. The molecule has 5 rings (SSSR count). The van der Waals surface area contributed by atoms with E-state index in [-0.39, 0.29) is 18.9 Å². The minimum Gasteiger partial charge on any atom is -0.497 e. The third kappa shape index (κ3) is 3.48. The van der Waals surface area contributed by atoms with E-state index >= 15 is 0 Å². The fourth-order valence-corrected chi connectivity index (χ4v) is 3.97. The lowest BCUT2D eigenvalue weighted by atomic mass is 9.94. The van der Waals surface area contributed by atoms with Gasteiger partial charge >= 0.3 is 6.03 Å². The first-order chi connectivity index (χ1) is 16.0. The summed E-state index contributed by atoms with van der Waals surface area (Å²) >= 11 is 0. The molecule has 3 aromatic carbocycles. The molecule has 2 aliphatic rings. The predicted molar refractivity (Wildman–Crippen MR) is 119 cm³/mol. The van der Waals surface area contributed by atoms with Crippen LogP contribution in [-0.2, 0) is 17.1 Å². The molecule has 3 amide bonds. The highest BCUT2D eigenvalue weighted by atomic mass is 16.7. The van der Waals surface area contributed by atoms with E-state index in [1.165, 1.54) is 7.11 Å². The van der Waals surface area contributed by atoms with Gasteiger partial charge in [-0.3, -0.25) is 9.69 Å². The average molecular weight is 447 g/mol. The van der Waals surface area contributed by atoms with Crippen LogP contribution < -0.4 is 29.7 Å². The molecule has 0 saturated heterocycles. The highest BCUT2D eigenvalue weighted by Gasteiger charge is 2.52. The molecule has 3 N–H and O–H groups in total. The Bertz CT molecular complexity index is 1250. The third-order valence-electron chi connectivity index (χ3n) is 5.59. The van der Waals surface area contributed by atoms with E-state index in [9.17, 15) is 14.7 Å². The van der Waals surface area contributed by atoms with Crippen LogP contribution in [0, 0.1) is 0 Å². The zero-order valence-corrected chi connectivity index (χ0v) is 17.7. The predicted octanol–water partition coefficient (Wildman–Crippen LogP) is 2.94. The Hall–Kier alpha value is -4.24. The van der Waals surface area contributed by atoms with Crippen LogP contribution in [0.25, 0.3) is 0 Å². The molecule has 0 saturated carbocycles. The van der Waals surface area contributed by atoms with Crippen molar-refractivity contribution in [2.45, 2.75) is 12.3 Å². The van der Waals surface area contributed by atoms with Crippen molar-refractivity contribution in [3.63, 3.8) is 0 Å². The van der Waals surface area contributed by atoms with Crippen molar-refractivity contribution < 1.29 is 28.9 Å². The van der Waals surface area contributed by atoms with Gasteiger partial charge in [-0.05, 0) is 35.9 Å². The molecule has 0 bridgehead atoms. The Morgan fingerprint density at radius 3 is 2.79 bits per heavy atom. The molecule has 0 radical (unpaired) electrons. The van der Waals surface area contributed by atoms with Crippen LogP contribution in [0.4, 0.5) is 16.2 Å². The van der Waals surface area contributed by atoms with Crippen molar-refractivity contribution >= 4 is 23.3 Å². The number of carbonyl (C=O) groups excluding carboxylic acids is 2. The number of aliphatic hydroxyl groups is 1. The van der Waals surface area contributed by atoms with Gasteiger partial charge in [-0.2, -0.15) is 0 Å². The number of benzene rings is 3. The molecular weight excluding hydrogens is 426 g/mol. The number of para-hydroxylation sites is 1. The molecule has 3 aromatic rings. The highest BCUT2D eigenvalue weighted by molar-refractivity contribution is 6.11. The van der Waals surface area contributed by atoms with E-state index < -0.39 is 17.7 Å². The number of ether oxygens (including phenoxy) is 3. The van der Waals surface area contributed by atoms with Gasteiger partial charge in [0.1, 0.15) is 5.75 Å². The molecule has 9 nitrogen and oxygen atoms in total. The van der Waals surface area contributed by atoms with Crippen molar-refractivity contribution in [3.05, 3.63) is 77.9 Å². The zero-order chi connectivity index (χ0) is 23.0. The number of anilines is 2. The first-order valence-corrected chi connectivity index (χ1v) is 10.2. The van der Waals surface area contributed by atoms with E-state index in [0.717, 1.165) is 10.5 Å². The van der Waals surface area contributed by atoms with E-state index in [4.69, 9.17) is 14.2 Å². The Labute approximate surface area is 189 Å². The molecule has 33 heavy (non-hydrogen) atoms. The normalized spacial score (nSPS) is 18.4. The minimum atomic E-state index is -2.30. The fraction of sp³-hybridized carbons (Fsp3) is 0.167. The second kappa shape index (κ2) is 8.03. The largest absolute Gasteiger partial charge is 0.497 e. The van der Waals surface area contributed by atoms with Crippen LogP contribution in [0.5, 0.6) is 17.2 Å². The van der Waals surface area contributed by atoms with E-state index in [2.05, 4.69) is 10.6 Å². The van der Waals surface area contributed by atoms with Gasteiger partial charge < -0.3 is 30.0 Å². The number of methoxy groups -OCH3 is 1. The lowest BCUT2D eigenvalue weighted by molar-refractivity contribution is -0.140. The summed E-state index contributed by atoms with van der Waals surface area (Å²) in [4.78, 5) is 27.6. The Kier molecular flexibility index (Phi) is 5.02. The Morgan fingerprint density at radius 2 is 1.94 bits per heavy atom. The monoisotopic (exact) mass is 447 g/mol. The van der Waals surface area contributed by atoms with Crippen LogP contribution in [0.2, 0.25) is 0 Å². The second-order valence-corrected chi connectivity index (χ2v) is 7.56. The third-order valence-corrected chi connectivity index (χ3v) is 5.59. The standard InChI is InChI=1S/C24H21N3O6/c1-31-17-6-4-5-16(12-17)27-23(29)26-19-8-3-2-7-18(19)24(27,30)22(28)25-13-15-9-10-20-21(11-15)33-14-32-20/h2-12,30H,13-14H2,1H3,(H,25,28)(H,26,29)/t24-/m0/s1. The molecule has 2 heterocycles. The van der Waals surface area contributed by atoms with Crippen LogP contribution in [-0.4, -0.2) is 30.9 Å². The van der Waals surface area contributed by atoms with Crippen molar-refractivity contribution in [1.29, 1.82) is 0 Å². The maximum absolute atomic E-state index is 13.5. The maximum Gasteiger partial charge on any atom is 0.329 e. The lowest BCUT2D eigenvalue weighted by Crippen LogP contribution is -2.62. The van der Waals surface area contributed by atoms with E-state index in [1.807, 2.05) is 0 Å². The van der Waals surface area contributed by atoms with Gasteiger partial charge in [0, 0.05) is 18.2 Å². The molecule has 0 fully saturated rings. The molecule has 0 aliphatic carbocycles. The van der Waals surface area contributed by atoms with Gasteiger partial charge in [0.05, 0.1) is 18.5 Å². The SMILES string of the molecule is COc1cccc(N2C(=O)Nc3ccccc3[C@]2(O)C(=O)NCc2ccc3c(c2)OCO3)c1. The van der Waals surface area contributed by atoms with Gasteiger partial charge in [-0.25, -0.2) is 4.79 Å². The van der Waals surface area contributed by atoms with E-state index in [1.54, 1.807) is 66.7 Å². The number of rotatable bonds is 5. The van der Waals surface area contributed by atoms with Crippen molar-refractivity contribution in [2.24, 2.45) is 0 Å². The summed E-state index contributed by atoms with van der Waals surface area (Å²) in [6, 6.07) is 17.9. The van der Waals surface area contributed by atoms with Gasteiger partial charge in [0.2, 0.25) is 6.79 Å². The fourth-order valence-electron chi connectivity index (χ4n) is 3.97. The summed E-state index contributed by atoms with van der Waals surface area (Å²) in [5.41, 5.74) is -0.667. The summed E-state index contributed by atoms with van der Waals surface area (Å²) in [7, 11) is 1.50. The number of hydrogen-bond acceptors (Lipinski definition) is 6. The van der Waals surface area contributed by atoms with Crippen LogP contribution in [0.15, 0.2) is 66.7 Å². The van der Waals surface area contributed by atoms with Crippen molar-refractivity contribution in [2.75, 3.05) is 24.1 Å². The number of nitrogens with zero attached hydrogens (tertiary/aromatic N) is 1. The van der Waals surface area contributed by atoms with Gasteiger partial charge in [-0.1, -0.05) is 30.3 Å². The van der Waals surface area contributed by atoms with Crippen LogP contribution in [0.1, 0.15) is 11.1 Å². The van der Waals surface area contributed by atoms with Crippen molar-refractivity contribution in [3.8, 4) is 17.2 Å². The molecule has 0 unspecified atom stereocenters. The molecular formula is C24H21N3O6. The number of urea groups is 1. The second-order valence-electron chi connectivity index (χ2n) is 7.56. The summed E-state index contributed by atoms with van der Waals surface area (Å²) < 4.78 is 16.0. The molecule has 0 spiro atoms. The first kappa shape index (κ1) is 20.7. The molecule has 1 atom stereocenters. The minimum absolute atomic E-state index is 0.105. The zero-order valence-electron chi connectivity index (χ0n) is 17.7. The maximum atomic E-state index is 13.5. The van der Waals surface area contributed by atoms with Gasteiger partial charge in [0.15, 0.2) is 11.5 Å². The van der Waals surface area contributed by atoms with Crippen LogP contribution in [0.3, 0.4) is 0 Å². The van der Waals surface area contributed by atoms with Gasteiger partial charge in [-0.15, -0.1) is 0 Å². The van der Waals surface area contributed by atoms with E-state index in [0.29, 0.717) is 28.6 Å². The quantitative estimate of drug-likeness (QED) is 0.555. The summed E-state index contributed by atoms with van der Waals surface area (Å²) in [5, 5.41) is 17.3. The molecule has 0 aromatic heterocycles. The number of nitrogens with one attached hydrogen (secondary N) is 2. The number of amides is 3. The summed E-state index contributed by atoms with van der Waals surface area (Å²) in [6.07, 6.45) is 0. The molecule has 168 valence electrons.